The summed E-state index contributed by atoms with van der Waals surface area (Å²) < 4.78 is 9.63. The van der Waals surface area contributed by atoms with E-state index in [0.717, 1.165) is 11.0 Å². The molecule has 0 atom stereocenters. The lowest BCUT2D eigenvalue weighted by Crippen LogP contribution is -2.13. The van der Waals surface area contributed by atoms with Crippen LogP contribution in [0.2, 0.25) is 0 Å². The largest absolute Gasteiger partial charge is 0.453 e. The summed E-state index contributed by atoms with van der Waals surface area (Å²) in [5.41, 5.74) is 0.719. The van der Waals surface area contributed by atoms with Gasteiger partial charge in [0, 0.05) is 16.9 Å². The normalized spacial score (nSPS) is 10.8. The molecule has 0 bridgehead atoms. The fraction of sp³-hybridized carbons (Fsp3) is 0.154. The highest BCUT2D eigenvalue weighted by molar-refractivity contribution is 7.98. The monoisotopic (exact) mass is 305 g/mol. The molecule has 2 heterocycles. The number of rotatable bonds is 5. The lowest BCUT2D eigenvalue weighted by Gasteiger charge is -1.98. The van der Waals surface area contributed by atoms with E-state index in [1.807, 2.05) is 30.5 Å². The maximum Gasteiger partial charge on any atom is 0.217 e. The molecule has 7 heteroatoms. The van der Waals surface area contributed by atoms with Gasteiger partial charge in [0.25, 0.3) is 0 Å². The third-order valence-corrected chi connectivity index (χ3v) is 4.03. The molecular formula is C13H11N3O2S2. The number of carbonyl (C=O) groups excluding carboxylic acids is 1. The first-order valence-corrected chi connectivity index (χ1v) is 7.89. The van der Waals surface area contributed by atoms with Crippen LogP contribution in [0.15, 0.2) is 39.9 Å². The molecule has 3 rings (SSSR count). The quantitative estimate of drug-likeness (QED) is 0.576. The lowest BCUT2D eigenvalue weighted by molar-refractivity contribution is 0.0982. The second-order valence-electron chi connectivity index (χ2n) is 4.01. The van der Waals surface area contributed by atoms with Gasteiger partial charge >= 0.3 is 0 Å². The topological polar surface area (TPSA) is 68.0 Å². The summed E-state index contributed by atoms with van der Waals surface area (Å²) in [5.74, 6) is 0.246. The fourth-order valence-electron chi connectivity index (χ4n) is 1.73. The SMILES string of the molecule is CSc1nsc(NCC(=O)c2cc3ccccc3o2)n1. The Morgan fingerprint density at radius 1 is 1.45 bits per heavy atom. The Kier molecular flexibility index (Phi) is 3.70. The van der Waals surface area contributed by atoms with Gasteiger partial charge in [-0.05, 0) is 18.4 Å². The molecule has 3 aromatic rings. The minimum Gasteiger partial charge on any atom is -0.453 e. The predicted molar refractivity (Wildman–Crippen MR) is 80.7 cm³/mol. The van der Waals surface area contributed by atoms with Gasteiger partial charge in [0.15, 0.2) is 5.76 Å². The first-order chi connectivity index (χ1) is 9.76. The second kappa shape index (κ2) is 5.64. The maximum atomic E-state index is 12.1. The summed E-state index contributed by atoms with van der Waals surface area (Å²) in [6.45, 7) is 0.142. The Hall–Kier alpha value is -1.86. The third kappa shape index (κ3) is 2.68. The standard InChI is InChI=1S/C13H11N3O2S2/c1-19-13-15-12(20-16-13)14-7-9(17)11-6-8-4-2-3-5-10(8)18-11/h2-6H,7H2,1H3,(H,14,15,16). The third-order valence-electron chi connectivity index (χ3n) is 2.69. The van der Waals surface area contributed by atoms with Crippen molar-refractivity contribution in [3.8, 4) is 0 Å². The second-order valence-corrected chi connectivity index (χ2v) is 5.54. The molecule has 0 aliphatic heterocycles. The summed E-state index contributed by atoms with van der Waals surface area (Å²) in [4.78, 5) is 16.3. The lowest BCUT2D eigenvalue weighted by atomic mass is 10.2. The molecule has 0 aliphatic carbocycles. The number of nitrogens with zero attached hydrogens (tertiary/aromatic N) is 2. The molecule has 0 spiro atoms. The minimum atomic E-state index is -0.109. The Bertz CT molecular complexity index is 718. The molecular weight excluding hydrogens is 294 g/mol. The molecule has 1 N–H and O–H groups in total. The Morgan fingerprint density at radius 3 is 3.05 bits per heavy atom. The summed E-state index contributed by atoms with van der Waals surface area (Å²) in [6.07, 6.45) is 1.91. The van der Waals surface area contributed by atoms with Crippen molar-refractivity contribution < 1.29 is 9.21 Å². The molecule has 5 nitrogen and oxygen atoms in total. The van der Waals surface area contributed by atoms with E-state index in [0.29, 0.717) is 16.0 Å². The number of nitrogens with one attached hydrogen (secondary N) is 1. The van der Waals surface area contributed by atoms with Crippen molar-refractivity contribution in [2.75, 3.05) is 18.1 Å². The van der Waals surface area contributed by atoms with Crippen LogP contribution in [-0.2, 0) is 0 Å². The molecule has 0 radical (unpaired) electrons. The van der Waals surface area contributed by atoms with Crippen LogP contribution >= 0.6 is 23.3 Å². The van der Waals surface area contributed by atoms with Gasteiger partial charge in [0.1, 0.15) is 5.58 Å². The number of furan rings is 1. The zero-order valence-corrected chi connectivity index (χ0v) is 12.3. The van der Waals surface area contributed by atoms with Crippen molar-refractivity contribution in [2.24, 2.45) is 0 Å². The average Bonchev–Trinajstić information content (AvgIpc) is 3.10. The number of benzene rings is 1. The number of hydrogen-bond donors (Lipinski definition) is 1. The van der Waals surface area contributed by atoms with Gasteiger partial charge in [-0.25, -0.2) is 0 Å². The highest BCUT2D eigenvalue weighted by atomic mass is 32.2. The summed E-state index contributed by atoms with van der Waals surface area (Å²) in [7, 11) is 0. The summed E-state index contributed by atoms with van der Waals surface area (Å²) in [6, 6.07) is 9.30. The zero-order valence-electron chi connectivity index (χ0n) is 10.6. The number of thioether (sulfide) groups is 1. The average molecular weight is 305 g/mol. The van der Waals surface area contributed by atoms with Gasteiger partial charge in [-0.2, -0.15) is 9.36 Å². The number of Topliss-reactive ketones (excluding diaryl/α,β-unsaturated/α-hetero) is 1. The molecule has 0 fully saturated rings. The first-order valence-electron chi connectivity index (χ1n) is 5.89. The van der Waals surface area contributed by atoms with Crippen molar-refractivity contribution in [2.45, 2.75) is 5.16 Å². The van der Waals surface area contributed by atoms with Crippen LogP contribution in [0, 0.1) is 0 Å². The number of carbonyl (C=O) groups is 1. The first kappa shape index (κ1) is 13.1. The smallest absolute Gasteiger partial charge is 0.217 e. The van der Waals surface area contributed by atoms with Crippen LogP contribution in [0.1, 0.15) is 10.6 Å². The number of fused-ring (bicyclic) bond motifs is 1. The van der Waals surface area contributed by atoms with Gasteiger partial charge < -0.3 is 9.73 Å². The Balaban J connectivity index is 1.69. The Morgan fingerprint density at radius 2 is 2.30 bits per heavy atom. The van der Waals surface area contributed by atoms with E-state index in [1.165, 1.54) is 23.3 Å². The van der Waals surface area contributed by atoms with E-state index in [-0.39, 0.29) is 12.3 Å². The van der Waals surface area contributed by atoms with Gasteiger partial charge in [-0.3, -0.25) is 4.79 Å². The molecule has 0 saturated heterocycles. The number of hydrogen-bond acceptors (Lipinski definition) is 7. The summed E-state index contributed by atoms with van der Waals surface area (Å²) in [5, 5.41) is 5.23. The molecule has 20 heavy (non-hydrogen) atoms. The van der Waals surface area contributed by atoms with Crippen LogP contribution in [0.5, 0.6) is 0 Å². The van der Waals surface area contributed by atoms with E-state index in [2.05, 4.69) is 14.7 Å². The van der Waals surface area contributed by atoms with Crippen LogP contribution in [0.3, 0.4) is 0 Å². The number of ketones is 1. The van der Waals surface area contributed by atoms with Crippen LogP contribution in [0.4, 0.5) is 5.13 Å². The van der Waals surface area contributed by atoms with E-state index >= 15 is 0 Å². The highest BCUT2D eigenvalue weighted by Gasteiger charge is 2.13. The number of anilines is 1. The van der Waals surface area contributed by atoms with Crippen LogP contribution in [-0.4, -0.2) is 27.9 Å². The van der Waals surface area contributed by atoms with Crippen LogP contribution in [0.25, 0.3) is 11.0 Å². The maximum absolute atomic E-state index is 12.1. The van der Waals surface area contributed by atoms with E-state index in [4.69, 9.17) is 4.42 Å². The number of para-hydroxylation sites is 1. The van der Waals surface area contributed by atoms with E-state index < -0.39 is 0 Å². The van der Waals surface area contributed by atoms with E-state index in [1.54, 1.807) is 6.07 Å². The molecule has 0 unspecified atom stereocenters. The van der Waals surface area contributed by atoms with Crippen molar-refractivity contribution in [1.29, 1.82) is 0 Å². The van der Waals surface area contributed by atoms with Crippen molar-refractivity contribution >= 4 is 45.2 Å². The highest BCUT2D eigenvalue weighted by Crippen LogP contribution is 2.20. The zero-order chi connectivity index (χ0) is 13.9. The molecule has 0 aliphatic rings. The van der Waals surface area contributed by atoms with Crippen LogP contribution < -0.4 is 5.32 Å². The molecule has 1 aromatic carbocycles. The van der Waals surface area contributed by atoms with Gasteiger partial charge in [0.05, 0.1) is 6.54 Å². The molecule has 2 aromatic heterocycles. The van der Waals surface area contributed by atoms with Gasteiger partial charge in [-0.15, -0.1) is 0 Å². The van der Waals surface area contributed by atoms with Crippen molar-refractivity contribution in [3.63, 3.8) is 0 Å². The molecule has 0 amide bonds. The Labute approximate surface area is 123 Å². The fourth-order valence-corrected chi connectivity index (χ4v) is 2.85. The van der Waals surface area contributed by atoms with Gasteiger partial charge in [-0.1, -0.05) is 30.0 Å². The predicted octanol–water partition coefficient (Wildman–Crippen LogP) is 3.30. The molecule has 0 saturated carbocycles. The van der Waals surface area contributed by atoms with E-state index in [9.17, 15) is 4.79 Å². The molecule has 102 valence electrons. The van der Waals surface area contributed by atoms with Gasteiger partial charge in [0.2, 0.25) is 16.1 Å². The minimum absolute atomic E-state index is 0.109. The van der Waals surface area contributed by atoms with Crippen molar-refractivity contribution in [1.82, 2.24) is 9.36 Å². The van der Waals surface area contributed by atoms with Crippen molar-refractivity contribution in [3.05, 3.63) is 36.1 Å². The number of aromatic nitrogens is 2. The summed E-state index contributed by atoms with van der Waals surface area (Å²) >= 11 is 2.71.